The third-order valence-corrected chi connectivity index (χ3v) is 3.99. The minimum atomic E-state index is -0.952. The molecule has 0 saturated heterocycles. The van der Waals surface area contributed by atoms with Crippen LogP contribution < -0.4 is 0 Å². The van der Waals surface area contributed by atoms with E-state index in [1.165, 1.54) is 29.8 Å². The van der Waals surface area contributed by atoms with Gasteiger partial charge in [0, 0.05) is 18.5 Å². The minimum absolute atomic E-state index is 0.108. The monoisotopic (exact) mass is 321 g/mol. The van der Waals surface area contributed by atoms with E-state index in [-0.39, 0.29) is 23.9 Å². The minimum Gasteiger partial charge on any atom is -0.481 e. The van der Waals surface area contributed by atoms with Crippen LogP contribution in [0.3, 0.4) is 0 Å². The molecule has 0 aliphatic heterocycles. The van der Waals surface area contributed by atoms with Crippen LogP contribution in [0.4, 0.5) is 0 Å². The van der Waals surface area contributed by atoms with Gasteiger partial charge in [-0.1, -0.05) is 23.2 Å². The Morgan fingerprint density at radius 1 is 1.32 bits per heavy atom. The molecule has 0 heterocycles. The van der Waals surface area contributed by atoms with Gasteiger partial charge in [-0.3, -0.25) is 9.59 Å². The van der Waals surface area contributed by atoms with Crippen molar-refractivity contribution in [3.8, 4) is 0 Å². The first-order valence-corrected chi connectivity index (χ1v) is 7.35. The number of carbonyl (C=O) groups excluding carboxylic acids is 1. The number of carbonyl (C=O) groups is 2. The Labute approximate surface area is 125 Å². The van der Waals surface area contributed by atoms with Crippen LogP contribution in [0.5, 0.6) is 0 Å². The quantitative estimate of drug-likeness (QED) is 0.846. The molecule has 19 heavy (non-hydrogen) atoms. The molecule has 0 radical (unpaired) electrons. The SMILES string of the molecule is CSc1cc(C(=O)N(C)CCC(=O)O)c(Cl)cc1Cl. The standard InChI is InChI=1S/C12H13Cl2NO3S/c1-15(4-3-11(16)17)12(18)7-5-10(19-2)9(14)6-8(7)13/h5-6H,3-4H2,1-2H3,(H,16,17). The molecular formula is C12H13Cl2NO3S. The maximum absolute atomic E-state index is 12.2. The van der Waals surface area contributed by atoms with Crippen LogP contribution in [0.2, 0.25) is 10.0 Å². The highest BCUT2D eigenvalue weighted by Crippen LogP contribution is 2.31. The first-order valence-electron chi connectivity index (χ1n) is 5.37. The second-order valence-corrected chi connectivity index (χ2v) is 5.50. The van der Waals surface area contributed by atoms with E-state index in [1.807, 2.05) is 6.26 Å². The second-order valence-electron chi connectivity index (χ2n) is 3.84. The van der Waals surface area contributed by atoms with Gasteiger partial charge in [0.25, 0.3) is 5.91 Å². The number of carboxylic acid groups (broad SMARTS) is 1. The maximum Gasteiger partial charge on any atom is 0.305 e. The summed E-state index contributed by atoms with van der Waals surface area (Å²) in [4.78, 5) is 24.7. The van der Waals surface area contributed by atoms with Gasteiger partial charge in [0.1, 0.15) is 0 Å². The molecule has 0 saturated carbocycles. The fourth-order valence-electron chi connectivity index (χ4n) is 1.42. The molecule has 1 aromatic carbocycles. The average Bonchev–Trinajstić information content (AvgIpc) is 2.35. The first kappa shape index (κ1) is 16.1. The van der Waals surface area contributed by atoms with Gasteiger partial charge in [0.05, 0.1) is 22.0 Å². The molecule has 0 fully saturated rings. The molecule has 0 atom stereocenters. The number of hydrogen-bond donors (Lipinski definition) is 1. The summed E-state index contributed by atoms with van der Waals surface area (Å²) in [6.07, 6.45) is 1.74. The van der Waals surface area contributed by atoms with Crippen LogP contribution in [0.25, 0.3) is 0 Å². The van der Waals surface area contributed by atoms with Crippen LogP contribution in [0.15, 0.2) is 17.0 Å². The van der Waals surface area contributed by atoms with Crippen molar-refractivity contribution in [3.63, 3.8) is 0 Å². The number of thioether (sulfide) groups is 1. The van der Waals surface area contributed by atoms with Crippen molar-refractivity contribution in [2.24, 2.45) is 0 Å². The molecule has 0 spiro atoms. The van der Waals surface area contributed by atoms with Gasteiger partial charge in [-0.25, -0.2) is 0 Å². The van der Waals surface area contributed by atoms with Crippen LogP contribution in [-0.4, -0.2) is 41.7 Å². The maximum atomic E-state index is 12.2. The van der Waals surface area contributed by atoms with Crippen molar-refractivity contribution in [2.45, 2.75) is 11.3 Å². The number of hydrogen-bond acceptors (Lipinski definition) is 3. The fraction of sp³-hybridized carbons (Fsp3) is 0.333. The van der Waals surface area contributed by atoms with Crippen molar-refractivity contribution >= 4 is 46.8 Å². The van der Waals surface area contributed by atoms with Crippen LogP contribution in [-0.2, 0) is 4.79 Å². The number of halogens is 2. The molecular weight excluding hydrogens is 309 g/mol. The summed E-state index contributed by atoms with van der Waals surface area (Å²) in [5.41, 5.74) is 0.323. The number of amides is 1. The highest BCUT2D eigenvalue weighted by molar-refractivity contribution is 7.98. The van der Waals surface area contributed by atoms with Crippen molar-refractivity contribution in [1.29, 1.82) is 0 Å². The van der Waals surface area contributed by atoms with Crippen molar-refractivity contribution in [1.82, 2.24) is 4.90 Å². The van der Waals surface area contributed by atoms with Gasteiger partial charge in [0.15, 0.2) is 0 Å². The van der Waals surface area contributed by atoms with Gasteiger partial charge in [0.2, 0.25) is 0 Å². The second kappa shape index (κ2) is 7.03. The highest BCUT2D eigenvalue weighted by Gasteiger charge is 2.18. The van der Waals surface area contributed by atoms with E-state index in [9.17, 15) is 9.59 Å². The van der Waals surface area contributed by atoms with Gasteiger partial charge in [-0.05, 0) is 18.4 Å². The molecule has 7 heteroatoms. The summed E-state index contributed by atoms with van der Waals surface area (Å²) in [6.45, 7) is 0.127. The Kier molecular flexibility index (Phi) is 5.97. The van der Waals surface area contributed by atoms with E-state index in [4.69, 9.17) is 28.3 Å². The lowest BCUT2D eigenvalue weighted by atomic mass is 10.2. The molecule has 1 rings (SSSR count). The van der Waals surface area contributed by atoms with E-state index >= 15 is 0 Å². The lowest BCUT2D eigenvalue weighted by Gasteiger charge is -2.17. The first-order chi connectivity index (χ1) is 8.86. The molecule has 0 unspecified atom stereocenters. The topological polar surface area (TPSA) is 57.6 Å². The number of aliphatic carboxylic acids is 1. The molecule has 1 amide bonds. The Morgan fingerprint density at radius 2 is 1.95 bits per heavy atom. The lowest BCUT2D eigenvalue weighted by molar-refractivity contribution is -0.137. The zero-order valence-corrected chi connectivity index (χ0v) is 12.8. The fourth-order valence-corrected chi connectivity index (χ4v) is 2.61. The Balaban J connectivity index is 2.95. The van der Waals surface area contributed by atoms with E-state index in [1.54, 1.807) is 6.07 Å². The molecule has 4 nitrogen and oxygen atoms in total. The molecule has 1 aromatic rings. The number of benzene rings is 1. The largest absolute Gasteiger partial charge is 0.481 e. The van der Waals surface area contributed by atoms with Crippen LogP contribution >= 0.6 is 35.0 Å². The van der Waals surface area contributed by atoms with Crippen molar-refractivity contribution < 1.29 is 14.7 Å². The molecule has 1 N–H and O–H groups in total. The molecule has 0 bridgehead atoms. The van der Waals surface area contributed by atoms with Gasteiger partial charge in [-0.15, -0.1) is 11.8 Å². The lowest BCUT2D eigenvalue weighted by Crippen LogP contribution is -2.29. The molecule has 104 valence electrons. The zero-order chi connectivity index (χ0) is 14.6. The summed E-state index contributed by atoms with van der Waals surface area (Å²) in [5.74, 6) is -1.27. The molecule has 0 aliphatic rings. The van der Waals surface area contributed by atoms with Crippen LogP contribution in [0, 0.1) is 0 Å². The summed E-state index contributed by atoms with van der Waals surface area (Å²) < 4.78 is 0. The van der Waals surface area contributed by atoms with E-state index < -0.39 is 5.97 Å². The van der Waals surface area contributed by atoms with E-state index in [0.717, 1.165) is 4.90 Å². The van der Waals surface area contributed by atoms with Gasteiger partial charge >= 0.3 is 5.97 Å². The third kappa shape index (κ3) is 4.30. The van der Waals surface area contributed by atoms with E-state index in [0.29, 0.717) is 10.6 Å². The summed E-state index contributed by atoms with van der Waals surface area (Å²) in [5, 5.41) is 9.35. The average molecular weight is 322 g/mol. The van der Waals surface area contributed by atoms with E-state index in [2.05, 4.69) is 0 Å². The third-order valence-electron chi connectivity index (χ3n) is 2.48. The van der Waals surface area contributed by atoms with Gasteiger partial charge < -0.3 is 10.0 Å². The smallest absolute Gasteiger partial charge is 0.305 e. The Morgan fingerprint density at radius 3 is 2.47 bits per heavy atom. The summed E-state index contributed by atoms with van der Waals surface area (Å²) >= 11 is 13.4. The predicted octanol–water partition coefficient (Wildman–Crippen LogP) is 3.26. The molecule has 0 aliphatic carbocycles. The number of rotatable bonds is 5. The number of carboxylic acids is 1. The van der Waals surface area contributed by atoms with Crippen molar-refractivity contribution in [2.75, 3.05) is 19.8 Å². The van der Waals surface area contributed by atoms with Gasteiger partial charge in [-0.2, -0.15) is 0 Å². The zero-order valence-electron chi connectivity index (χ0n) is 10.4. The Bertz CT molecular complexity index is 508. The molecule has 0 aromatic heterocycles. The van der Waals surface area contributed by atoms with Crippen LogP contribution in [0.1, 0.15) is 16.8 Å². The number of nitrogens with zero attached hydrogens (tertiary/aromatic N) is 1. The highest BCUT2D eigenvalue weighted by atomic mass is 35.5. The normalized spacial score (nSPS) is 10.3. The predicted molar refractivity (Wildman–Crippen MR) is 77.5 cm³/mol. The summed E-state index contributed by atoms with van der Waals surface area (Å²) in [7, 11) is 1.54. The van der Waals surface area contributed by atoms with Crippen molar-refractivity contribution in [3.05, 3.63) is 27.7 Å². The summed E-state index contributed by atoms with van der Waals surface area (Å²) in [6, 6.07) is 3.14. The Hall–Kier alpha value is -0.910.